The Morgan fingerprint density at radius 1 is 1.21 bits per heavy atom. The van der Waals surface area contributed by atoms with Gasteiger partial charge in [-0.15, -0.1) is 0 Å². The van der Waals surface area contributed by atoms with Crippen molar-refractivity contribution in [3.8, 4) is 0 Å². The van der Waals surface area contributed by atoms with Crippen LogP contribution >= 0.6 is 11.6 Å². The lowest BCUT2D eigenvalue weighted by Crippen LogP contribution is -2.13. The monoisotopic (exact) mass is 276 g/mol. The van der Waals surface area contributed by atoms with Crippen molar-refractivity contribution in [3.63, 3.8) is 0 Å². The third-order valence-electron chi connectivity index (χ3n) is 2.35. The topological polar surface area (TPSA) is 79.3 Å². The maximum absolute atomic E-state index is 11.8. The number of carboxylic acid groups (broad SMARTS) is 1. The molecule has 0 saturated heterocycles. The predicted molar refractivity (Wildman–Crippen MR) is 70.6 cm³/mol. The summed E-state index contributed by atoms with van der Waals surface area (Å²) in [5.74, 6) is -1.51. The van der Waals surface area contributed by atoms with Gasteiger partial charge in [-0.05, 0) is 30.3 Å². The van der Waals surface area contributed by atoms with Crippen LogP contribution in [0.25, 0.3) is 0 Å². The number of carbonyl (C=O) groups is 2. The number of amides is 1. The van der Waals surface area contributed by atoms with E-state index in [1.54, 1.807) is 18.2 Å². The lowest BCUT2D eigenvalue weighted by atomic mass is 10.2. The van der Waals surface area contributed by atoms with Crippen molar-refractivity contribution in [3.05, 3.63) is 58.9 Å². The number of benzene rings is 1. The lowest BCUT2D eigenvalue weighted by Gasteiger charge is -2.06. The van der Waals surface area contributed by atoms with E-state index in [1.165, 1.54) is 24.4 Å². The molecule has 5 nitrogen and oxygen atoms in total. The molecule has 2 rings (SSSR count). The average Bonchev–Trinajstić information content (AvgIpc) is 2.39. The van der Waals surface area contributed by atoms with Crippen molar-refractivity contribution in [1.82, 2.24) is 4.98 Å². The number of carbonyl (C=O) groups excluding carboxylic acids is 1. The fourth-order valence-electron chi connectivity index (χ4n) is 1.46. The Labute approximate surface area is 113 Å². The number of rotatable bonds is 3. The minimum absolute atomic E-state index is 0.0162. The van der Waals surface area contributed by atoms with E-state index in [4.69, 9.17) is 16.7 Å². The lowest BCUT2D eigenvalue weighted by molar-refractivity contribution is 0.0697. The minimum Gasteiger partial charge on any atom is -0.478 e. The fraction of sp³-hybridized carbons (Fsp3) is 0. The molecule has 0 unspecified atom stereocenters. The Kier molecular flexibility index (Phi) is 3.77. The molecule has 2 N–H and O–H groups in total. The maximum atomic E-state index is 11.8. The van der Waals surface area contributed by atoms with E-state index in [1.807, 2.05) is 0 Å². The second-order valence-corrected chi connectivity index (χ2v) is 4.08. The molecule has 1 aromatic carbocycles. The maximum Gasteiger partial charge on any atom is 0.337 e. The van der Waals surface area contributed by atoms with Crippen LogP contribution in [-0.2, 0) is 0 Å². The molecule has 2 aromatic rings. The molecule has 0 aliphatic heterocycles. The van der Waals surface area contributed by atoms with Crippen LogP contribution in [0.2, 0.25) is 5.02 Å². The molecule has 1 heterocycles. The van der Waals surface area contributed by atoms with Crippen molar-refractivity contribution < 1.29 is 14.7 Å². The van der Waals surface area contributed by atoms with Gasteiger partial charge in [0.2, 0.25) is 0 Å². The molecule has 0 radical (unpaired) electrons. The van der Waals surface area contributed by atoms with E-state index in [9.17, 15) is 9.59 Å². The van der Waals surface area contributed by atoms with Gasteiger partial charge in [0.25, 0.3) is 5.91 Å². The summed E-state index contributed by atoms with van der Waals surface area (Å²) in [7, 11) is 0. The molecule has 0 fully saturated rings. The highest BCUT2D eigenvalue weighted by molar-refractivity contribution is 6.33. The Morgan fingerprint density at radius 3 is 2.58 bits per heavy atom. The van der Waals surface area contributed by atoms with Crippen LogP contribution in [0, 0.1) is 0 Å². The van der Waals surface area contributed by atoms with E-state index in [0.29, 0.717) is 5.69 Å². The van der Waals surface area contributed by atoms with Crippen molar-refractivity contribution in [2.75, 3.05) is 5.32 Å². The van der Waals surface area contributed by atoms with Gasteiger partial charge < -0.3 is 10.4 Å². The summed E-state index contributed by atoms with van der Waals surface area (Å²) in [4.78, 5) is 26.5. The van der Waals surface area contributed by atoms with Crippen LogP contribution in [0.4, 0.5) is 5.69 Å². The molecular formula is C13H9ClN2O3. The first-order valence-corrected chi connectivity index (χ1v) is 5.71. The van der Waals surface area contributed by atoms with Gasteiger partial charge in [-0.1, -0.05) is 17.7 Å². The molecule has 96 valence electrons. The van der Waals surface area contributed by atoms with Crippen molar-refractivity contribution in [1.29, 1.82) is 0 Å². The zero-order valence-electron chi connectivity index (χ0n) is 9.63. The largest absolute Gasteiger partial charge is 0.478 e. The first-order valence-electron chi connectivity index (χ1n) is 5.33. The zero-order chi connectivity index (χ0) is 13.8. The third-order valence-corrected chi connectivity index (χ3v) is 2.67. The van der Waals surface area contributed by atoms with Gasteiger partial charge in [0.1, 0.15) is 5.69 Å². The van der Waals surface area contributed by atoms with Gasteiger partial charge in [0.05, 0.1) is 10.6 Å². The van der Waals surface area contributed by atoms with Crippen molar-refractivity contribution in [2.45, 2.75) is 0 Å². The summed E-state index contributed by atoms with van der Waals surface area (Å²) < 4.78 is 0. The summed E-state index contributed by atoms with van der Waals surface area (Å²) in [6.45, 7) is 0. The number of nitrogens with zero attached hydrogens (tertiary/aromatic N) is 1. The molecule has 0 saturated carbocycles. The molecule has 0 spiro atoms. The number of hydrogen-bond acceptors (Lipinski definition) is 3. The van der Waals surface area contributed by atoms with Gasteiger partial charge in [-0.3, -0.25) is 9.78 Å². The first-order chi connectivity index (χ1) is 9.08. The molecule has 6 heteroatoms. The Morgan fingerprint density at radius 2 is 2.00 bits per heavy atom. The van der Waals surface area contributed by atoms with Gasteiger partial charge in [0.15, 0.2) is 0 Å². The number of nitrogens with one attached hydrogen (secondary N) is 1. The van der Waals surface area contributed by atoms with E-state index < -0.39 is 5.97 Å². The number of carboxylic acids is 1. The SMILES string of the molecule is O=C(Nc1ccc(C(=O)O)c(Cl)c1)c1ccccn1. The quantitative estimate of drug-likeness (QED) is 0.903. The Bertz CT molecular complexity index is 629. The summed E-state index contributed by atoms with van der Waals surface area (Å²) in [5.41, 5.74) is 0.657. The number of halogens is 1. The third kappa shape index (κ3) is 3.08. The second-order valence-electron chi connectivity index (χ2n) is 3.67. The number of hydrogen-bond donors (Lipinski definition) is 2. The van der Waals surface area contributed by atoms with E-state index in [0.717, 1.165) is 0 Å². The van der Waals surface area contributed by atoms with Crippen molar-refractivity contribution in [2.24, 2.45) is 0 Å². The van der Waals surface area contributed by atoms with Crippen molar-refractivity contribution >= 4 is 29.2 Å². The Balaban J connectivity index is 2.19. The summed E-state index contributed by atoms with van der Waals surface area (Å²) in [6.07, 6.45) is 1.51. The highest BCUT2D eigenvalue weighted by Gasteiger charge is 2.11. The van der Waals surface area contributed by atoms with Crippen LogP contribution < -0.4 is 5.32 Å². The van der Waals surface area contributed by atoms with Crippen LogP contribution in [0.1, 0.15) is 20.8 Å². The number of aromatic carboxylic acids is 1. The predicted octanol–water partition coefficient (Wildman–Crippen LogP) is 2.69. The van der Waals surface area contributed by atoms with Crippen LogP contribution in [0.15, 0.2) is 42.6 Å². The highest BCUT2D eigenvalue weighted by Crippen LogP contribution is 2.21. The molecular weight excluding hydrogens is 268 g/mol. The smallest absolute Gasteiger partial charge is 0.337 e. The average molecular weight is 277 g/mol. The summed E-state index contributed by atoms with van der Waals surface area (Å²) in [5, 5.41) is 11.5. The van der Waals surface area contributed by atoms with E-state index >= 15 is 0 Å². The molecule has 1 amide bonds. The van der Waals surface area contributed by atoms with E-state index in [2.05, 4.69) is 10.3 Å². The minimum atomic E-state index is -1.12. The molecule has 0 aliphatic carbocycles. The highest BCUT2D eigenvalue weighted by atomic mass is 35.5. The van der Waals surface area contributed by atoms with Gasteiger partial charge in [0, 0.05) is 11.9 Å². The fourth-order valence-corrected chi connectivity index (χ4v) is 1.72. The molecule has 0 aliphatic rings. The first kappa shape index (κ1) is 13.0. The Hall–Kier alpha value is -2.40. The molecule has 0 atom stereocenters. The van der Waals surface area contributed by atoms with Crippen LogP contribution in [-0.4, -0.2) is 22.0 Å². The number of pyridine rings is 1. The number of aromatic nitrogens is 1. The normalized spacial score (nSPS) is 9.95. The van der Waals surface area contributed by atoms with Crippen LogP contribution in [0.5, 0.6) is 0 Å². The van der Waals surface area contributed by atoms with Gasteiger partial charge in [-0.25, -0.2) is 4.79 Å². The standard InChI is InChI=1S/C13H9ClN2O3/c14-10-7-8(4-5-9(10)13(18)19)16-12(17)11-3-1-2-6-15-11/h1-7H,(H,16,17)(H,18,19). The molecule has 0 bridgehead atoms. The van der Waals surface area contributed by atoms with Gasteiger partial charge in [-0.2, -0.15) is 0 Å². The molecule has 19 heavy (non-hydrogen) atoms. The zero-order valence-corrected chi connectivity index (χ0v) is 10.4. The summed E-state index contributed by atoms with van der Waals surface area (Å²) in [6, 6.07) is 9.15. The second kappa shape index (κ2) is 5.49. The summed E-state index contributed by atoms with van der Waals surface area (Å²) >= 11 is 5.81. The van der Waals surface area contributed by atoms with Crippen LogP contribution in [0.3, 0.4) is 0 Å². The van der Waals surface area contributed by atoms with Gasteiger partial charge >= 0.3 is 5.97 Å². The van der Waals surface area contributed by atoms with E-state index in [-0.39, 0.29) is 22.2 Å². The number of anilines is 1. The molecule has 1 aromatic heterocycles.